The maximum absolute atomic E-state index is 11.5. The molecule has 0 saturated carbocycles. The van der Waals surface area contributed by atoms with Crippen LogP contribution in [0.15, 0.2) is 6.33 Å². The number of hydrogen-bond donors (Lipinski definition) is 2. The molecule has 7 heteroatoms. The fourth-order valence-corrected chi connectivity index (χ4v) is 1.02. The summed E-state index contributed by atoms with van der Waals surface area (Å²) in [5.74, 6) is -0.222. The van der Waals surface area contributed by atoms with Gasteiger partial charge in [-0.15, -0.1) is 5.10 Å². The van der Waals surface area contributed by atoms with Crippen molar-refractivity contribution in [1.29, 1.82) is 0 Å². The van der Waals surface area contributed by atoms with Gasteiger partial charge in [-0.1, -0.05) is 6.92 Å². The van der Waals surface area contributed by atoms with Crippen LogP contribution in [-0.2, 0) is 11.3 Å². The average Bonchev–Trinajstić information content (AvgIpc) is 2.70. The Morgan fingerprint density at radius 3 is 2.87 bits per heavy atom. The highest BCUT2D eigenvalue weighted by Gasteiger charge is 2.23. The van der Waals surface area contributed by atoms with Crippen molar-refractivity contribution in [3.63, 3.8) is 0 Å². The normalized spacial score (nSPS) is 14.6. The molecule has 1 aromatic rings. The molecule has 0 fully saturated rings. The number of amides is 1. The van der Waals surface area contributed by atoms with Gasteiger partial charge in [0.25, 0.3) is 0 Å². The summed E-state index contributed by atoms with van der Waals surface area (Å²) in [4.78, 5) is 11.5. The number of carbonyl (C=O) groups is 1. The molecule has 0 spiro atoms. The van der Waals surface area contributed by atoms with Gasteiger partial charge in [0, 0.05) is 0 Å². The molecule has 0 aliphatic heterocycles. The quantitative estimate of drug-likeness (QED) is 0.651. The Labute approximate surface area is 87.5 Å². The average molecular weight is 213 g/mol. The summed E-state index contributed by atoms with van der Waals surface area (Å²) in [6.07, 6.45) is 2.02. The SMILES string of the molecule is CCC(C)(CO)NC(=O)Cn1cnnn1. The van der Waals surface area contributed by atoms with Crippen molar-refractivity contribution in [1.82, 2.24) is 25.5 Å². The summed E-state index contributed by atoms with van der Waals surface area (Å²) in [5, 5.41) is 22.2. The molecule has 0 aromatic carbocycles. The van der Waals surface area contributed by atoms with Gasteiger partial charge in [-0.25, -0.2) is 4.68 Å². The van der Waals surface area contributed by atoms with Crippen LogP contribution in [-0.4, -0.2) is 43.4 Å². The number of tetrazole rings is 1. The summed E-state index contributed by atoms with van der Waals surface area (Å²) >= 11 is 0. The number of aromatic nitrogens is 4. The summed E-state index contributed by atoms with van der Waals surface area (Å²) in [6, 6.07) is 0. The van der Waals surface area contributed by atoms with Crippen LogP contribution in [0.5, 0.6) is 0 Å². The minimum atomic E-state index is -0.578. The molecule has 1 atom stereocenters. The zero-order valence-electron chi connectivity index (χ0n) is 8.84. The highest BCUT2D eigenvalue weighted by Crippen LogP contribution is 2.07. The van der Waals surface area contributed by atoms with E-state index in [2.05, 4.69) is 20.8 Å². The van der Waals surface area contributed by atoms with Crippen molar-refractivity contribution >= 4 is 5.91 Å². The van der Waals surface area contributed by atoms with Gasteiger partial charge in [0.1, 0.15) is 12.9 Å². The maximum atomic E-state index is 11.5. The molecular weight excluding hydrogens is 198 g/mol. The van der Waals surface area contributed by atoms with E-state index in [4.69, 9.17) is 5.11 Å². The Morgan fingerprint density at radius 1 is 1.67 bits per heavy atom. The van der Waals surface area contributed by atoms with Crippen LogP contribution in [0.1, 0.15) is 20.3 Å². The van der Waals surface area contributed by atoms with Crippen molar-refractivity contribution in [2.24, 2.45) is 0 Å². The van der Waals surface area contributed by atoms with Crippen molar-refractivity contribution < 1.29 is 9.90 Å². The Morgan fingerprint density at radius 2 is 2.40 bits per heavy atom. The molecule has 1 aromatic heterocycles. The van der Waals surface area contributed by atoms with Crippen LogP contribution in [0.25, 0.3) is 0 Å². The molecule has 1 heterocycles. The Kier molecular flexibility index (Phi) is 3.73. The predicted molar refractivity (Wildman–Crippen MR) is 51.7 cm³/mol. The summed E-state index contributed by atoms with van der Waals surface area (Å²) in [7, 11) is 0. The van der Waals surface area contributed by atoms with E-state index in [1.165, 1.54) is 11.0 Å². The molecule has 1 unspecified atom stereocenters. The van der Waals surface area contributed by atoms with Crippen LogP contribution in [0.2, 0.25) is 0 Å². The third-order valence-corrected chi connectivity index (χ3v) is 2.27. The first-order valence-corrected chi connectivity index (χ1v) is 4.72. The number of carbonyl (C=O) groups excluding carboxylic acids is 1. The molecule has 15 heavy (non-hydrogen) atoms. The first-order chi connectivity index (χ1) is 7.09. The van der Waals surface area contributed by atoms with E-state index in [0.29, 0.717) is 6.42 Å². The Balaban J connectivity index is 2.49. The minimum Gasteiger partial charge on any atom is -0.394 e. The molecule has 0 aliphatic carbocycles. The lowest BCUT2D eigenvalue weighted by molar-refractivity contribution is -0.124. The van der Waals surface area contributed by atoms with Crippen LogP contribution in [0.4, 0.5) is 0 Å². The van der Waals surface area contributed by atoms with Gasteiger partial charge >= 0.3 is 0 Å². The molecule has 7 nitrogen and oxygen atoms in total. The number of nitrogens with zero attached hydrogens (tertiary/aromatic N) is 4. The number of hydrogen-bond acceptors (Lipinski definition) is 5. The number of aliphatic hydroxyl groups excluding tert-OH is 1. The Bertz CT molecular complexity index is 307. The van der Waals surface area contributed by atoms with Crippen LogP contribution in [0, 0.1) is 0 Å². The van der Waals surface area contributed by atoms with Gasteiger partial charge in [0.2, 0.25) is 5.91 Å². The zero-order valence-corrected chi connectivity index (χ0v) is 8.84. The molecule has 1 amide bonds. The summed E-state index contributed by atoms with van der Waals surface area (Å²) < 4.78 is 1.32. The molecule has 0 aliphatic rings. The molecule has 84 valence electrons. The second-order valence-corrected chi connectivity index (χ2v) is 3.63. The second-order valence-electron chi connectivity index (χ2n) is 3.63. The van der Waals surface area contributed by atoms with Gasteiger partial charge in [0.05, 0.1) is 12.1 Å². The molecule has 2 N–H and O–H groups in total. The first-order valence-electron chi connectivity index (χ1n) is 4.72. The standard InChI is InChI=1S/C8H15N5O2/c1-3-8(2,5-14)10-7(15)4-13-6-9-11-12-13/h6,14H,3-5H2,1-2H3,(H,10,15). The van der Waals surface area contributed by atoms with E-state index in [-0.39, 0.29) is 19.1 Å². The van der Waals surface area contributed by atoms with Gasteiger partial charge in [-0.3, -0.25) is 4.79 Å². The number of rotatable bonds is 5. The second kappa shape index (κ2) is 4.83. The summed E-state index contributed by atoms with van der Waals surface area (Å²) in [6.45, 7) is 3.64. The van der Waals surface area contributed by atoms with E-state index in [9.17, 15) is 4.79 Å². The van der Waals surface area contributed by atoms with Crippen molar-refractivity contribution in [2.75, 3.05) is 6.61 Å². The lowest BCUT2D eigenvalue weighted by Gasteiger charge is -2.26. The van der Waals surface area contributed by atoms with Crippen molar-refractivity contribution in [3.8, 4) is 0 Å². The van der Waals surface area contributed by atoms with Crippen LogP contribution in [0.3, 0.4) is 0 Å². The minimum absolute atomic E-state index is 0.0581. The van der Waals surface area contributed by atoms with Gasteiger partial charge < -0.3 is 10.4 Å². The third-order valence-electron chi connectivity index (χ3n) is 2.27. The van der Waals surface area contributed by atoms with E-state index < -0.39 is 5.54 Å². The molecule has 0 radical (unpaired) electrons. The third kappa shape index (κ3) is 3.28. The lowest BCUT2D eigenvalue weighted by Crippen LogP contribution is -2.49. The van der Waals surface area contributed by atoms with Crippen LogP contribution < -0.4 is 5.32 Å². The molecular formula is C8H15N5O2. The smallest absolute Gasteiger partial charge is 0.242 e. The van der Waals surface area contributed by atoms with E-state index in [1.54, 1.807) is 6.92 Å². The fraction of sp³-hybridized carbons (Fsp3) is 0.750. The monoisotopic (exact) mass is 213 g/mol. The van der Waals surface area contributed by atoms with Gasteiger partial charge in [-0.05, 0) is 23.8 Å². The number of aliphatic hydroxyl groups is 1. The molecule has 1 rings (SSSR count). The van der Waals surface area contributed by atoms with E-state index in [0.717, 1.165) is 0 Å². The fourth-order valence-electron chi connectivity index (χ4n) is 1.02. The summed E-state index contributed by atoms with van der Waals surface area (Å²) in [5.41, 5.74) is -0.578. The first kappa shape index (κ1) is 11.6. The lowest BCUT2D eigenvalue weighted by atomic mass is 10.0. The van der Waals surface area contributed by atoms with E-state index in [1.807, 2.05) is 6.92 Å². The largest absolute Gasteiger partial charge is 0.394 e. The van der Waals surface area contributed by atoms with Gasteiger partial charge in [0.15, 0.2) is 0 Å². The van der Waals surface area contributed by atoms with Gasteiger partial charge in [-0.2, -0.15) is 0 Å². The Hall–Kier alpha value is -1.50. The molecule has 0 saturated heterocycles. The van der Waals surface area contributed by atoms with Crippen LogP contribution >= 0.6 is 0 Å². The zero-order chi connectivity index (χ0) is 11.3. The maximum Gasteiger partial charge on any atom is 0.242 e. The molecule has 0 bridgehead atoms. The predicted octanol–water partition coefficient (Wildman–Crippen LogP) is -1.05. The van der Waals surface area contributed by atoms with Crippen molar-refractivity contribution in [3.05, 3.63) is 6.33 Å². The highest BCUT2D eigenvalue weighted by atomic mass is 16.3. The highest BCUT2D eigenvalue weighted by molar-refractivity contribution is 5.76. The number of nitrogens with one attached hydrogen (secondary N) is 1. The topological polar surface area (TPSA) is 92.9 Å². The van der Waals surface area contributed by atoms with Crippen molar-refractivity contribution in [2.45, 2.75) is 32.4 Å². The van der Waals surface area contributed by atoms with E-state index >= 15 is 0 Å².